The van der Waals surface area contributed by atoms with E-state index in [1.165, 1.54) is 0 Å². The second-order valence-electron chi connectivity index (χ2n) is 5.73. The van der Waals surface area contributed by atoms with E-state index in [4.69, 9.17) is 5.73 Å². The van der Waals surface area contributed by atoms with Gasteiger partial charge in [0.1, 0.15) is 17.5 Å². The summed E-state index contributed by atoms with van der Waals surface area (Å²) >= 11 is 0. The lowest BCUT2D eigenvalue weighted by atomic mass is 10.1. The van der Waals surface area contributed by atoms with Crippen molar-refractivity contribution in [2.24, 2.45) is 0 Å². The molecule has 0 aliphatic rings. The molecule has 3 heterocycles. The maximum Gasteiger partial charge on any atom is 0.139 e. The number of aromatic nitrogens is 3. The summed E-state index contributed by atoms with van der Waals surface area (Å²) in [6.07, 6.45) is 5.28. The number of benzene rings is 1. The van der Waals surface area contributed by atoms with Gasteiger partial charge in [0.15, 0.2) is 0 Å². The highest BCUT2D eigenvalue weighted by Gasteiger charge is 2.15. The molecule has 0 unspecified atom stereocenters. The van der Waals surface area contributed by atoms with Crippen LogP contribution in [0.2, 0.25) is 0 Å². The van der Waals surface area contributed by atoms with Crippen LogP contribution in [-0.4, -0.2) is 15.0 Å². The van der Waals surface area contributed by atoms with Crippen LogP contribution >= 0.6 is 0 Å². The number of pyridine rings is 3. The summed E-state index contributed by atoms with van der Waals surface area (Å²) in [6.45, 7) is 0. The highest BCUT2D eigenvalue weighted by Crippen LogP contribution is 2.33. The van der Waals surface area contributed by atoms with Gasteiger partial charge in [0.25, 0.3) is 0 Å². The molecule has 0 saturated carbocycles. The molecule has 0 fully saturated rings. The van der Waals surface area contributed by atoms with E-state index in [1.54, 1.807) is 18.6 Å². The summed E-state index contributed by atoms with van der Waals surface area (Å²) in [7, 11) is 0. The van der Waals surface area contributed by atoms with Gasteiger partial charge in [-0.25, -0.2) is 15.0 Å². The normalized spacial score (nSPS) is 10.5. The van der Waals surface area contributed by atoms with E-state index in [0.29, 0.717) is 5.82 Å². The molecule has 3 aromatic heterocycles. The fraction of sp³-hybridized carbons (Fsp3) is 0. The molecule has 0 spiro atoms. The number of nitrogen functional groups attached to an aromatic ring is 1. The Bertz CT molecular complexity index is 963. The fourth-order valence-electron chi connectivity index (χ4n) is 2.79. The second kappa shape index (κ2) is 7.03. The largest absolute Gasteiger partial charge is 0.384 e. The van der Waals surface area contributed by atoms with Crippen molar-refractivity contribution in [1.82, 2.24) is 15.0 Å². The monoisotopic (exact) mass is 339 g/mol. The summed E-state index contributed by atoms with van der Waals surface area (Å²) in [5.74, 6) is 2.07. The number of hydrogen-bond donors (Lipinski definition) is 1. The van der Waals surface area contributed by atoms with Crippen molar-refractivity contribution in [3.63, 3.8) is 0 Å². The van der Waals surface area contributed by atoms with Crippen LogP contribution in [0.15, 0.2) is 91.4 Å². The Kier molecular flexibility index (Phi) is 4.26. The van der Waals surface area contributed by atoms with Gasteiger partial charge in [0, 0.05) is 24.3 Å². The molecule has 0 radical (unpaired) electrons. The minimum Gasteiger partial charge on any atom is -0.384 e. The van der Waals surface area contributed by atoms with E-state index in [1.807, 2.05) is 77.7 Å². The molecule has 5 nitrogen and oxygen atoms in total. The first-order valence-electron chi connectivity index (χ1n) is 8.25. The zero-order valence-corrected chi connectivity index (χ0v) is 14.0. The van der Waals surface area contributed by atoms with Crippen molar-refractivity contribution in [1.29, 1.82) is 0 Å². The molecule has 0 atom stereocenters. The Morgan fingerprint density at radius 1 is 0.615 bits per heavy atom. The van der Waals surface area contributed by atoms with E-state index in [0.717, 1.165) is 28.5 Å². The van der Waals surface area contributed by atoms with Crippen LogP contribution in [0.1, 0.15) is 0 Å². The number of hydrogen-bond acceptors (Lipinski definition) is 5. The van der Waals surface area contributed by atoms with Crippen molar-refractivity contribution in [2.75, 3.05) is 10.6 Å². The first-order chi connectivity index (χ1) is 12.8. The summed E-state index contributed by atoms with van der Waals surface area (Å²) in [5, 5.41) is 0. The zero-order chi connectivity index (χ0) is 17.8. The molecule has 0 aliphatic carbocycles. The molecule has 4 rings (SSSR count). The van der Waals surface area contributed by atoms with Gasteiger partial charge in [-0.1, -0.05) is 24.3 Å². The predicted octanol–water partition coefficient (Wildman–Crippen LogP) is 4.59. The van der Waals surface area contributed by atoms with E-state index in [-0.39, 0.29) is 0 Å². The molecule has 4 aromatic rings. The van der Waals surface area contributed by atoms with Crippen molar-refractivity contribution in [3.8, 4) is 11.1 Å². The molecule has 0 aliphatic heterocycles. The summed E-state index contributed by atoms with van der Waals surface area (Å²) in [5.41, 5.74) is 8.83. The predicted molar refractivity (Wildman–Crippen MR) is 104 cm³/mol. The molecule has 0 bridgehead atoms. The van der Waals surface area contributed by atoms with Crippen molar-refractivity contribution >= 4 is 23.1 Å². The van der Waals surface area contributed by atoms with Gasteiger partial charge in [-0.15, -0.1) is 0 Å². The quantitative estimate of drug-likeness (QED) is 0.589. The second-order valence-corrected chi connectivity index (χ2v) is 5.73. The number of nitrogens with zero attached hydrogens (tertiary/aromatic N) is 4. The third kappa shape index (κ3) is 3.23. The van der Waals surface area contributed by atoms with Crippen LogP contribution in [0.3, 0.4) is 0 Å². The molecule has 0 amide bonds. The maximum absolute atomic E-state index is 5.83. The van der Waals surface area contributed by atoms with Crippen LogP contribution in [0.5, 0.6) is 0 Å². The molecular weight excluding hydrogens is 322 g/mol. The Morgan fingerprint density at radius 3 is 2.04 bits per heavy atom. The van der Waals surface area contributed by atoms with Crippen LogP contribution in [0.25, 0.3) is 11.1 Å². The molecule has 0 saturated heterocycles. The first kappa shape index (κ1) is 15.8. The number of anilines is 4. The van der Waals surface area contributed by atoms with E-state index in [2.05, 4.69) is 15.0 Å². The highest BCUT2D eigenvalue weighted by atomic mass is 15.2. The smallest absolute Gasteiger partial charge is 0.139 e. The van der Waals surface area contributed by atoms with Gasteiger partial charge in [-0.2, -0.15) is 0 Å². The summed E-state index contributed by atoms with van der Waals surface area (Å²) in [4.78, 5) is 15.2. The Balaban J connectivity index is 1.83. The lowest BCUT2D eigenvalue weighted by molar-refractivity contribution is 1.13. The van der Waals surface area contributed by atoms with Crippen LogP contribution < -0.4 is 10.6 Å². The standard InChI is InChI=1S/C21H17N5/c22-19-14-16(9-12-23-19)17-10-13-25-21(15-17)26(18-6-2-1-3-7-18)20-8-4-5-11-24-20/h1-15H,(H2,22,23). The molecule has 126 valence electrons. The summed E-state index contributed by atoms with van der Waals surface area (Å²) in [6, 6.07) is 23.7. The lowest BCUT2D eigenvalue weighted by Gasteiger charge is -2.23. The summed E-state index contributed by atoms with van der Waals surface area (Å²) < 4.78 is 0. The van der Waals surface area contributed by atoms with E-state index < -0.39 is 0 Å². The van der Waals surface area contributed by atoms with Crippen LogP contribution in [0, 0.1) is 0 Å². The van der Waals surface area contributed by atoms with Crippen LogP contribution in [0.4, 0.5) is 23.1 Å². The van der Waals surface area contributed by atoms with E-state index >= 15 is 0 Å². The fourth-order valence-corrected chi connectivity index (χ4v) is 2.79. The highest BCUT2D eigenvalue weighted by molar-refractivity contribution is 5.76. The molecule has 5 heteroatoms. The lowest BCUT2D eigenvalue weighted by Crippen LogP contribution is -2.12. The van der Waals surface area contributed by atoms with Gasteiger partial charge in [-0.05, 0) is 59.7 Å². The minimum atomic E-state index is 0.491. The number of rotatable bonds is 4. The number of nitrogens with two attached hydrogens (primary N) is 1. The van der Waals surface area contributed by atoms with Gasteiger partial charge >= 0.3 is 0 Å². The molecule has 1 aromatic carbocycles. The van der Waals surface area contributed by atoms with Crippen molar-refractivity contribution in [2.45, 2.75) is 0 Å². The van der Waals surface area contributed by atoms with Gasteiger partial charge in [-0.3, -0.25) is 4.90 Å². The first-order valence-corrected chi connectivity index (χ1v) is 8.25. The van der Waals surface area contributed by atoms with Gasteiger partial charge < -0.3 is 5.73 Å². The molecular formula is C21H17N5. The maximum atomic E-state index is 5.83. The van der Waals surface area contributed by atoms with Gasteiger partial charge in [0.05, 0.1) is 0 Å². The topological polar surface area (TPSA) is 67.9 Å². The van der Waals surface area contributed by atoms with Crippen molar-refractivity contribution < 1.29 is 0 Å². The van der Waals surface area contributed by atoms with Crippen LogP contribution in [-0.2, 0) is 0 Å². The minimum absolute atomic E-state index is 0.491. The Morgan fingerprint density at radius 2 is 1.31 bits per heavy atom. The SMILES string of the molecule is Nc1cc(-c2ccnc(N(c3ccccc3)c3ccccn3)c2)ccn1. The number of para-hydroxylation sites is 1. The van der Waals surface area contributed by atoms with E-state index in [9.17, 15) is 0 Å². The third-order valence-electron chi connectivity index (χ3n) is 3.98. The Labute approximate surface area is 151 Å². The van der Waals surface area contributed by atoms with Crippen molar-refractivity contribution in [3.05, 3.63) is 91.4 Å². The molecule has 2 N–H and O–H groups in total. The Hall–Kier alpha value is -3.73. The third-order valence-corrected chi connectivity index (χ3v) is 3.98. The average Bonchev–Trinajstić information content (AvgIpc) is 2.70. The zero-order valence-electron chi connectivity index (χ0n) is 14.0. The van der Waals surface area contributed by atoms with Gasteiger partial charge in [0.2, 0.25) is 0 Å². The average molecular weight is 339 g/mol. The molecule has 26 heavy (non-hydrogen) atoms.